The van der Waals surface area contributed by atoms with Crippen molar-refractivity contribution >= 4 is 17.3 Å². The van der Waals surface area contributed by atoms with Gasteiger partial charge in [0.2, 0.25) is 0 Å². The second kappa shape index (κ2) is 7.97. The number of aromatic nitrogens is 1. The predicted molar refractivity (Wildman–Crippen MR) is 119 cm³/mol. The summed E-state index contributed by atoms with van der Waals surface area (Å²) in [6.07, 6.45) is 0. The minimum absolute atomic E-state index is 0.0798. The first kappa shape index (κ1) is 19.6. The molecule has 30 heavy (non-hydrogen) atoms. The third kappa shape index (κ3) is 3.51. The topological polar surface area (TPSA) is 65.1 Å². The fraction of sp³-hybridized carbons (Fsp3) is 0.0417. The first-order chi connectivity index (χ1) is 14.5. The van der Waals surface area contributed by atoms with Gasteiger partial charge in [0, 0.05) is 23.8 Å². The molecule has 0 spiro atoms. The van der Waals surface area contributed by atoms with E-state index in [2.05, 4.69) is 0 Å². The van der Waals surface area contributed by atoms with Crippen LogP contribution >= 0.6 is 11.6 Å². The highest BCUT2D eigenvalue weighted by atomic mass is 35.5. The van der Waals surface area contributed by atoms with Crippen molar-refractivity contribution < 1.29 is 4.92 Å². The quantitative estimate of drug-likeness (QED) is 0.301. The van der Waals surface area contributed by atoms with Gasteiger partial charge < -0.3 is 4.57 Å². The molecule has 0 aliphatic rings. The minimum Gasteiger partial charge on any atom is -0.307 e. The molecule has 0 saturated heterocycles. The van der Waals surface area contributed by atoms with E-state index in [4.69, 9.17) is 11.6 Å². The molecule has 0 radical (unpaired) electrons. The largest absolute Gasteiger partial charge is 0.307 e. The molecule has 3 aromatic carbocycles. The molecule has 0 saturated carbocycles. The smallest absolute Gasteiger partial charge is 0.271 e. The minimum atomic E-state index is -0.459. The van der Waals surface area contributed by atoms with Crippen molar-refractivity contribution in [2.45, 2.75) is 6.92 Å². The Labute approximate surface area is 178 Å². The summed E-state index contributed by atoms with van der Waals surface area (Å²) in [5, 5.41) is 11.8. The summed E-state index contributed by atoms with van der Waals surface area (Å²) in [4.78, 5) is 23.9. The zero-order chi connectivity index (χ0) is 21.3. The fourth-order valence-corrected chi connectivity index (χ4v) is 3.70. The van der Waals surface area contributed by atoms with E-state index in [1.807, 2.05) is 65.2 Å². The highest BCUT2D eigenvalue weighted by molar-refractivity contribution is 6.32. The summed E-state index contributed by atoms with van der Waals surface area (Å²) >= 11 is 6.52. The van der Waals surface area contributed by atoms with Gasteiger partial charge in [0.15, 0.2) is 5.43 Å². The van der Waals surface area contributed by atoms with Crippen LogP contribution in [0.4, 0.5) is 5.69 Å². The molecular weight excluding hydrogens is 400 g/mol. The van der Waals surface area contributed by atoms with E-state index in [1.165, 1.54) is 18.2 Å². The Morgan fingerprint density at radius 3 is 2.07 bits per heavy atom. The van der Waals surface area contributed by atoms with Gasteiger partial charge in [0.1, 0.15) is 0 Å². The van der Waals surface area contributed by atoms with Gasteiger partial charge in [-0.2, -0.15) is 0 Å². The van der Waals surface area contributed by atoms with Crippen LogP contribution in [0.3, 0.4) is 0 Å². The van der Waals surface area contributed by atoms with E-state index in [-0.39, 0.29) is 11.1 Å². The van der Waals surface area contributed by atoms with Crippen molar-refractivity contribution in [1.29, 1.82) is 0 Å². The zero-order valence-corrected chi connectivity index (χ0v) is 16.8. The van der Waals surface area contributed by atoms with Gasteiger partial charge in [-0.15, -0.1) is 0 Å². The van der Waals surface area contributed by atoms with Crippen LogP contribution in [0.1, 0.15) is 5.56 Å². The molecule has 0 aliphatic carbocycles. The number of halogens is 1. The van der Waals surface area contributed by atoms with Crippen molar-refractivity contribution in [3.8, 4) is 28.2 Å². The number of non-ortho nitro benzene ring substituents is 1. The molecule has 6 heteroatoms. The van der Waals surface area contributed by atoms with Crippen LogP contribution in [0, 0.1) is 17.0 Å². The molecule has 0 fully saturated rings. The average Bonchev–Trinajstić information content (AvgIpc) is 2.77. The standard InChI is InChI=1S/C24H17ClN2O3/c1-16-23(28)15-21(17-8-4-2-5-9-17)26(24(16)18-10-6-3-7-11-18)22-14-19(27(29)30)12-13-20(22)25/h2-15H,1H3. The SMILES string of the molecule is Cc1c(-c2ccccc2)n(-c2cc([N+](=O)[O-])ccc2Cl)c(-c2ccccc2)cc1=O. The molecule has 0 atom stereocenters. The molecule has 0 unspecified atom stereocenters. The molecule has 1 heterocycles. The van der Waals surface area contributed by atoms with Gasteiger partial charge >= 0.3 is 0 Å². The van der Waals surface area contributed by atoms with Crippen LogP contribution < -0.4 is 5.43 Å². The molecule has 0 amide bonds. The molecule has 148 valence electrons. The highest BCUT2D eigenvalue weighted by Crippen LogP contribution is 2.35. The monoisotopic (exact) mass is 416 g/mol. The zero-order valence-electron chi connectivity index (χ0n) is 16.1. The van der Waals surface area contributed by atoms with E-state index < -0.39 is 4.92 Å². The van der Waals surface area contributed by atoms with E-state index >= 15 is 0 Å². The van der Waals surface area contributed by atoms with Crippen molar-refractivity contribution in [3.05, 3.63) is 116 Å². The molecular formula is C24H17ClN2O3. The number of hydrogen-bond acceptors (Lipinski definition) is 3. The van der Waals surface area contributed by atoms with Gasteiger partial charge in [0.05, 0.1) is 27.0 Å². The van der Waals surface area contributed by atoms with Crippen molar-refractivity contribution in [2.24, 2.45) is 0 Å². The summed E-state index contributed by atoms with van der Waals surface area (Å²) in [7, 11) is 0. The van der Waals surface area contributed by atoms with Crippen molar-refractivity contribution in [1.82, 2.24) is 4.57 Å². The number of nitrogens with zero attached hydrogens (tertiary/aromatic N) is 2. The molecule has 1 aromatic heterocycles. The summed E-state index contributed by atoms with van der Waals surface area (Å²) in [6, 6.07) is 24.7. The van der Waals surface area contributed by atoms with Crippen molar-refractivity contribution in [3.63, 3.8) is 0 Å². The lowest BCUT2D eigenvalue weighted by Crippen LogP contribution is -2.16. The first-order valence-electron chi connectivity index (χ1n) is 9.29. The predicted octanol–water partition coefficient (Wildman–Crippen LogP) is 6.04. The fourth-order valence-electron chi connectivity index (χ4n) is 3.50. The van der Waals surface area contributed by atoms with Crippen LogP contribution in [-0.4, -0.2) is 9.49 Å². The van der Waals surface area contributed by atoms with E-state index in [0.29, 0.717) is 27.7 Å². The number of nitro groups is 1. The van der Waals surface area contributed by atoms with E-state index in [0.717, 1.165) is 11.1 Å². The molecule has 0 aliphatic heterocycles. The Bertz CT molecular complexity index is 1300. The van der Waals surface area contributed by atoms with Gasteiger partial charge in [0.25, 0.3) is 5.69 Å². The Morgan fingerprint density at radius 2 is 1.47 bits per heavy atom. The number of pyridine rings is 1. The van der Waals surface area contributed by atoms with Crippen LogP contribution in [0.25, 0.3) is 28.2 Å². The number of benzene rings is 3. The first-order valence-corrected chi connectivity index (χ1v) is 9.67. The van der Waals surface area contributed by atoms with Crippen LogP contribution in [0.5, 0.6) is 0 Å². The number of nitro benzene ring substituents is 1. The third-order valence-electron chi connectivity index (χ3n) is 4.96. The Balaban J connectivity index is 2.18. The Hall–Kier alpha value is -3.70. The van der Waals surface area contributed by atoms with Gasteiger partial charge in [-0.25, -0.2) is 0 Å². The maximum absolute atomic E-state index is 12.9. The molecule has 5 nitrogen and oxygen atoms in total. The number of rotatable bonds is 4. The summed E-state index contributed by atoms with van der Waals surface area (Å²) in [5.74, 6) is 0. The Morgan fingerprint density at radius 1 is 0.867 bits per heavy atom. The molecule has 0 bridgehead atoms. The maximum Gasteiger partial charge on any atom is 0.271 e. The lowest BCUT2D eigenvalue weighted by molar-refractivity contribution is -0.384. The second-order valence-corrected chi connectivity index (χ2v) is 7.23. The van der Waals surface area contributed by atoms with Crippen LogP contribution in [0.2, 0.25) is 5.02 Å². The number of hydrogen-bond donors (Lipinski definition) is 0. The Kier molecular flexibility index (Phi) is 5.21. The van der Waals surface area contributed by atoms with E-state index in [9.17, 15) is 14.9 Å². The van der Waals surface area contributed by atoms with Crippen molar-refractivity contribution in [2.75, 3.05) is 0 Å². The second-order valence-electron chi connectivity index (χ2n) is 6.83. The molecule has 4 aromatic rings. The third-order valence-corrected chi connectivity index (χ3v) is 5.27. The average molecular weight is 417 g/mol. The van der Waals surface area contributed by atoms with Crippen LogP contribution in [0.15, 0.2) is 89.7 Å². The maximum atomic E-state index is 12.9. The lowest BCUT2D eigenvalue weighted by Gasteiger charge is -2.22. The molecule has 0 N–H and O–H groups in total. The van der Waals surface area contributed by atoms with Gasteiger partial charge in [-0.05, 0) is 24.1 Å². The van der Waals surface area contributed by atoms with E-state index in [1.54, 1.807) is 13.0 Å². The highest BCUT2D eigenvalue weighted by Gasteiger charge is 2.20. The van der Waals surface area contributed by atoms with Gasteiger partial charge in [-0.1, -0.05) is 72.3 Å². The van der Waals surface area contributed by atoms with Crippen LogP contribution in [-0.2, 0) is 0 Å². The summed E-state index contributed by atoms with van der Waals surface area (Å²) in [6.45, 7) is 1.75. The summed E-state index contributed by atoms with van der Waals surface area (Å²) in [5.41, 5.74) is 3.63. The normalized spacial score (nSPS) is 10.7. The molecule has 4 rings (SSSR count). The summed E-state index contributed by atoms with van der Waals surface area (Å²) < 4.78 is 1.83. The lowest BCUT2D eigenvalue weighted by atomic mass is 10.0. The van der Waals surface area contributed by atoms with Gasteiger partial charge in [-0.3, -0.25) is 14.9 Å².